The van der Waals surface area contributed by atoms with Gasteiger partial charge >= 0.3 is 0 Å². The summed E-state index contributed by atoms with van der Waals surface area (Å²) in [5, 5.41) is 11.6. The molecule has 0 radical (unpaired) electrons. The molecule has 0 saturated carbocycles. The molecule has 0 aliphatic carbocycles. The van der Waals surface area contributed by atoms with Crippen LogP contribution in [0.1, 0.15) is 32.3 Å². The van der Waals surface area contributed by atoms with Crippen LogP contribution in [0.2, 0.25) is 0 Å². The van der Waals surface area contributed by atoms with E-state index in [0.717, 1.165) is 13.1 Å². The first kappa shape index (κ1) is 16.1. The van der Waals surface area contributed by atoms with Crippen LogP contribution >= 0.6 is 0 Å². The van der Waals surface area contributed by atoms with Gasteiger partial charge in [-0.1, -0.05) is 43.7 Å². The molecule has 0 aromatic heterocycles. The second-order valence-electron chi connectivity index (χ2n) is 4.10. The van der Waals surface area contributed by atoms with Crippen LogP contribution < -0.4 is 11.1 Å². The molecular weight excluding hydrogens is 212 g/mol. The number of nitrogens with one attached hydrogen (secondary N) is 1. The molecule has 0 spiro atoms. The first-order chi connectivity index (χ1) is 8.20. The van der Waals surface area contributed by atoms with Crippen LogP contribution in [-0.4, -0.2) is 24.3 Å². The number of unbranched alkanes of at least 4 members (excludes halogenated alkanes) is 1. The molecule has 1 unspecified atom stereocenters. The maximum absolute atomic E-state index is 8.24. The van der Waals surface area contributed by atoms with Crippen LogP contribution in [0.4, 0.5) is 0 Å². The fraction of sp³-hybridized carbons (Fsp3) is 0.571. The Morgan fingerprint density at radius 2 is 1.88 bits per heavy atom. The maximum Gasteiger partial charge on any atom is 0.0634 e. The predicted molar refractivity (Wildman–Crippen MR) is 73.8 cm³/mol. The van der Waals surface area contributed by atoms with E-state index in [0.29, 0.717) is 6.54 Å². The number of hydrogen-bond donors (Lipinski definition) is 3. The molecule has 1 aromatic carbocycles. The smallest absolute Gasteiger partial charge is 0.0634 e. The third-order valence-electron chi connectivity index (χ3n) is 2.22. The Hall–Kier alpha value is -0.900. The predicted octanol–water partition coefficient (Wildman–Crippen LogP) is 1.90. The molecule has 17 heavy (non-hydrogen) atoms. The summed E-state index contributed by atoms with van der Waals surface area (Å²) >= 11 is 0. The zero-order chi connectivity index (χ0) is 12.9. The lowest BCUT2D eigenvalue weighted by Gasteiger charge is -2.02. The molecule has 0 bridgehead atoms. The van der Waals surface area contributed by atoms with Gasteiger partial charge in [-0.3, -0.25) is 0 Å². The number of aliphatic hydroxyl groups excluding tert-OH is 1. The number of rotatable bonds is 6. The summed E-state index contributed by atoms with van der Waals surface area (Å²) in [7, 11) is 0. The van der Waals surface area contributed by atoms with Crippen LogP contribution in [-0.2, 0) is 6.54 Å². The molecule has 1 aromatic rings. The number of hydrogen-bond acceptors (Lipinski definition) is 3. The molecule has 0 aliphatic heterocycles. The Morgan fingerprint density at radius 1 is 1.29 bits per heavy atom. The Morgan fingerprint density at radius 3 is 2.35 bits per heavy atom. The average Bonchev–Trinajstić information content (AvgIpc) is 2.37. The van der Waals surface area contributed by atoms with Crippen molar-refractivity contribution in [3.05, 3.63) is 35.9 Å². The fourth-order valence-corrected chi connectivity index (χ4v) is 1.13. The highest BCUT2D eigenvalue weighted by Crippen LogP contribution is 1.97. The van der Waals surface area contributed by atoms with Crippen molar-refractivity contribution in [3.63, 3.8) is 0 Å². The van der Waals surface area contributed by atoms with Crippen LogP contribution in [0.5, 0.6) is 0 Å². The number of benzene rings is 1. The molecule has 1 atom stereocenters. The van der Waals surface area contributed by atoms with Gasteiger partial charge in [-0.05, 0) is 25.5 Å². The normalized spacial score (nSPS) is 11.5. The van der Waals surface area contributed by atoms with E-state index >= 15 is 0 Å². The van der Waals surface area contributed by atoms with Crippen molar-refractivity contribution >= 4 is 0 Å². The summed E-state index contributed by atoms with van der Waals surface area (Å²) in [6.07, 6.45) is 2.20. The summed E-state index contributed by atoms with van der Waals surface area (Å²) in [6, 6.07) is 10.5. The molecule has 0 amide bonds. The van der Waals surface area contributed by atoms with E-state index in [1.165, 1.54) is 18.4 Å². The molecule has 3 nitrogen and oxygen atoms in total. The third kappa shape index (κ3) is 11.4. The van der Waals surface area contributed by atoms with Crippen molar-refractivity contribution < 1.29 is 5.11 Å². The van der Waals surface area contributed by atoms with Gasteiger partial charge in [0, 0.05) is 13.1 Å². The Kier molecular flexibility index (Phi) is 11.0. The van der Waals surface area contributed by atoms with Crippen LogP contribution in [0.15, 0.2) is 30.3 Å². The quantitative estimate of drug-likeness (QED) is 0.663. The van der Waals surface area contributed by atoms with E-state index in [2.05, 4.69) is 42.6 Å². The maximum atomic E-state index is 8.24. The lowest BCUT2D eigenvalue weighted by Crippen LogP contribution is -2.14. The standard InChI is InChI=1S/C11H17N.C3H9NO/c1-2-3-9-12-10-11-7-5-4-6-8-11;1-3(5)2-4/h4-8,12H,2-3,9-10H2,1H3;3,5H,2,4H2,1H3. The van der Waals surface area contributed by atoms with Gasteiger partial charge in [-0.2, -0.15) is 0 Å². The molecule has 98 valence electrons. The highest BCUT2D eigenvalue weighted by Gasteiger charge is 1.88. The number of nitrogens with two attached hydrogens (primary N) is 1. The second-order valence-corrected chi connectivity index (χ2v) is 4.10. The van der Waals surface area contributed by atoms with Gasteiger partial charge in [0.05, 0.1) is 6.10 Å². The minimum atomic E-state index is -0.338. The van der Waals surface area contributed by atoms with Gasteiger partial charge in [-0.15, -0.1) is 0 Å². The van der Waals surface area contributed by atoms with E-state index in [-0.39, 0.29) is 6.10 Å². The summed E-state index contributed by atoms with van der Waals surface area (Å²) in [4.78, 5) is 0. The SMILES string of the molecule is CC(O)CN.CCCCNCc1ccccc1. The summed E-state index contributed by atoms with van der Waals surface area (Å²) in [6.45, 7) is 6.36. The van der Waals surface area contributed by atoms with Gasteiger partial charge in [0.2, 0.25) is 0 Å². The van der Waals surface area contributed by atoms with Gasteiger partial charge in [0.15, 0.2) is 0 Å². The third-order valence-corrected chi connectivity index (χ3v) is 2.22. The molecule has 3 heteroatoms. The minimum absolute atomic E-state index is 0.338. The largest absolute Gasteiger partial charge is 0.392 e. The molecule has 0 saturated heterocycles. The Labute approximate surface area is 105 Å². The topological polar surface area (TPSA) is 58.3 Å². The summed E-state index contributed by atoms with van der Waals surface area (Å²) in [5.74, 6) is 0. The van der Waals surface area contributed by atoms with Crippen molar-refractivity contribution in [2.45, 2.75) is 39.3 Å². The van der Waals surface area contributed by atoms with E-state index in [1.54, 1.807) is 6.92 Å². The first-order valence-corrected chi connectivity index (χ1v) is 6.33. The van der Waals surface area contributed by atoms with E-state index in [9.17, 15) is 0 Å². The van der Waals surface area contributed by atoms with Crippen molar-refractivity contribution in [1.29, 1.82) is 0 Å². The van der Waals surface area contributed by atoms with Crippen molar-refractivity contribution in [3.8, 4) is 0 Å². The lowest BCUT2D eigenvalue weighted by atomic mass is 10.2. The van der Waals surface area contributed by atoms with E-state index in [1.807, 2.05) is 0 Å². The van der Waals surface area contributed by atoms with E-state index < -0.39 is 0 Å². The van der Waals surface area contributed by atoms with Gasteiger partial charge in [-0.25, -0.2) is 0 Å². The van der Waals surface area contributed by atoms with Crippen molar-refractivity contribution in [2.24, 2.45) is 5.73 Å². The summed E-state index contributed by atoms with van der Waals surface area (Å²) < 4.78 is 0. The minimum Gasteiger partial charge on any atom is -0.392 e. The van der Waals surface area contributed by atoms with Gasteiger partial charge < -0.3 is 16.2 Å². The molecule has 0 fully saturated rings. The number of aliphatic hydroxyl groups is 1. The Bertz CT molecular complexity index is 250. The zero-order valence-corrected chi connectivity index (χ0v) is 11.0. The average molecular weight is 238 g/mol. The Balaban J connectivity index is 0.000000437. The molecule has 1 rings (SSSR count). The van der Waals surface area contributed by atoms with Gasteiger partial charge in [0.25, 0.3) is 0 Å². The van der Waals surface area contributed by atoms with E-state index in [4.69, 9.17) is 10.8 Å². The van der Waals surface area contributed by atoms with Crippen molar-refractivity contribution in [1.82, 2.24) is 5.32 Å². The fourth-order valence-electron chi connectivity index (χ4n) is 1.13. The zero-order valence-electron chi connectivity index (χ0n) is 11.0. The van der Waals surface area contributed by atoms with Crippen molar-refractivity contribution in [2.75, 3.05) is 13.1 Å². The molecule has 0 heterocycles. The van der Waals surface area contributed by atoms with Crippen LogP contribution in [0, 0.1) is 0 Å². The lowest BCUT2D eigenvalue weighted by molar-refractivity contribution is 0.203. The highest BCUT2D eigenvalue weighted by atomic mass is 16.3. The highest BCUT2D eigenvalue weighted by molar-refractivity contribution is 5.14. The van der Waals surface area contributed by atoms with Gasteiger partial charge in [0.1, 0.15) is 0 Å². The molecule has 0 aliphatic rings. The molecular formula is C14H26N2O. The van der Waals surface area contributed by atoms with Crippen LogP contribution in [0.25, 0.3) is 0 Å². The summed E-state index contributed by atoms with van der Waals surface area (Å²) in [5.41, 5.74) is 6.29. The molecule has 4 N–H and O–H groups in total. The second kappa shape index (κ2) is 11.6. The monoisotopic (exact) mass is 238 g/mol. The first-order valence-electron chi connectivity index (χ1n) is 6.33. The van der Waals surface area contributed by atoms with Crippen LogP contribution in [0.3, 0.4) is 0 Å².